The largest absolute Gasteiger partial charge is 0.452 e. The summed E-state index contributed by atoms with van der Waals surface area (Å²) < 4.78 is 30.2. The number of esters is 1. The van der Waals surface area contributed by atoms with E-state index in [4.69, 9.17) is 4.74 Å². The second kappa shape index (κ2) is 8.59. The summed E-state index contributed by atoms with van der Waals surface area (Å²) in [5.74, 6) is -3.82. The fraction of sp³-hybridized carbons (Fsp3) is 0.353. The molecule has 0 spiro atoms. The number of aromatic nitrogens is 1. The van der Waals surface area contributed by atoms with Crippen molar-refractivity contribution in [2.45, 2.75) is 29.7 Å². The van der Waals surface area contributed by atoms with Crippen molar-refractivity contribution in [1.29, 1.82) is 0 Å². The molecule has 0 aliphatic carbocycles. The third kappa shape index (κ3) is 4.39. The standard InChI is InChI=1S/C17H16F2N2O3S2/c18-17(19)26-15-11(4-1-7-20-15)16(23)24-10-14(22)21-8-2-5-12(21)13-6-3-9-25-13/h1,3-4,6-7,9,12,17H,2,5,8,10H2. The molecule has 3 heterocycles. The predicted octanol–water partition coefficient (Wildman–Crippen LogP) is 3.98. The van der Waals surface area contributed by atoms with E-state index in [2.05, 4.69) is 4.98 Å². The molecule has 2 aromatic rings. The van der Waals surface area contributed by atoms with Crippen molar-refractivity contribution in [3.63, 3.8) is 0 Å². The lowest BCUT2D eigenvalue weighted by Gasteiger charge is -2.23. The number of pyridine rings is 1. The van der Waals surface area contributed by atoms with Gasteiger partial charge in [-0.25, -0.2) is 9.78 Å². The van der Waals surface area contributed by atoms with Crippen LogP contribution in [0.5, 0.6) is 0 Å². The minimum absolute atomic E-state index is 0.00421. The van der Waals surface area contributed by atoms with Gasteiger partial charge in [-0.15, -0.1) is 11.3 Å². The van der Waals surface area contributed by atoms with E-state index in [-0.39, 0.29) is 34.3 Å². The summed E-state index contributed by atoms with van der Waals surface area (Å²) in [6, 6.07) is 6.74. The zero-order valence-electron chi connectivity index (χ0n) is 13.6. The van der Waals surface area contributed by atoms with Gasteiger partial charge >= 0.3 is 5.97 Å². The Balaban J connectivity index is 1.62. The highest BCUT2D eigenvalue weighted by Gasteiger charge is 2.31. The average Bonchev–Trinajstić information content (AvgIpc) is 3.30. The van der Waals surface area contributed by atoms with Gasteiger partial charge < -0.3 is 9.64 Å². The van der Waals surface area contributed by atoms with Gasteiger partial charge in [0.25, 0.3) is 11.7 Å². The third-order valence-corrected chi connectivity index (χ3v) is 5.66. The first-order valence-electron chi connectivity index (χ1n) is 7.96. The molecule has 1 aliphatic heterocycles. The Bertz CT molecular complexity index is 771. The molecule has 9 heteroatoms. The van der Waals surface area contributed by atoms with E-state index < -0.39 is 18.3 Å². The number of alkyl halides is 2. The van der Waals surface area contributed by atoms with Crippen LogP contribution in [0.15, 0.2) is 40.9 Å². The number of carbonyl (C=O) groups excluding carboxylic acids is 2. The van der Waals surface area contributed by atoms with Crippen LogP contribution in [0.4, 0.5) is 8.78 Å². The monoisotopic (exact) mass is 398 g/mol. The number of likely N-dealkylation sites (tertiary alicyclic amines) is 1. The zero-order valence-corrected chi connectivity index (χ0v) is 15.3. The molecule has 1 amide bonds. The Labute approximate surface area is 157 Å². The van der Waals surface area contributed by atoms with Gasteiger partial charge in [-0.3, -0.25) is 4.79 Å². The molecular weight excluding hydrogens is 382 g/mol. The quantitative estimate of drug-likeness (QED) is 0.544. The maximum absolute atomic E-state index is 12.6. The summed E-state index contributed by atoms with van der Waals surface area (Å²) in [6.07, 6.45) is 3.08. The van der Waals surface area contributed by atoms with E-state index in [1.807, 2.05) is 17.5 Å². The van der Waals surface area contributed by atoms with Crippen molar-refractivity contribution in [3.8, 4) is 0 Å². The van der Waals surface area contributed by atoms with E-state index in [0.29, 0.717) is 6.54 Å². The first kappa shape index (κ1) is 18.8. The molecule has 1 fully saturated rings. The van der Waals surface area contributed by atoms with Gasteiger partial charge in [0, 0.05) is 17.6 Å². The number of rotatable bonds is 6. The highest BCUT2D eigenvalue weighted by molar-refractivity contribution is 7.99. The summed E-state index contributed by atoms with van der Waals surface area (Å²) >= 11 is 1.76. The van der Waals surface area contributed by atoms with Gasteiger partial charge in [0.2, 0.25) is 0 Å². The average molecular weight is 398 g/mol. The second-order valence-electron chi connectivity index (χ2n) is 5.57. The van der Waals surface area contributed by atoms with Gasteiger partial charge in [0.15, 0.2) is 6.61 Å². The minimum atomic E-state index is -2.70. The van der Waals surface area contributed by atoms with E-state index in [1.165, 1.54) is 18.3 Å². The lowest BCUT2D eigenvalue weighted by Crippen LogP contribution is -2.34. The van der Waals surface area contributed by atoms with Crippen molar-refractivity contribution < 1.29 is 23.1 Å². The normalized spacial score (nSPS) is 16.9. The minimum Gasteiger partial charge on any atom is -0.452 e. The number of hydrogen-bond donors (Lipinski definition) is 0. The number of amides is 1. The molecule has 2 aromatic heterocycles. The molecule has 0 aromatic carbocycles. The highest BCUT2D eigenvalue weighted by atomic mass is 32.2. The smallest absolute Gasteiger partial charge is 0.341 e. The molecule has 26 heavy (non-hydrogen) atoms. The molecule has 1 saturated heterocycles. The van der Waals surface area contributed by atoms with Crippen molar-refractivity contribution in [1.82, 2.24) is 9.88 Å². The maximum atomic E-state index is 12.6. The van der Waals surface area contributed by atoms with E-state index in [9.17, 15) is 18.4 Å². The number of carbonyl (C=O) groups is 2. The lowest BCUT2D eigenvalue weighted by atomic mass is 10.2. The first-order chi connectivity index (χ1) is 12.6. The molecule has 0 N–H and O–H groups in total. The first-order valence-corrected chi connectivity index (χ1v) is 9.72. The van der Waals surface area contributed by atoms with Gasteiger partial charge in [-0.05, 0) is 48.2 Å². The summed E-state index contributed by atoms with van der Waals surface area (Å²) in [5, 5.41) is 1.85. The highest BCUT2D eigenvalue weighted by Crippen LogP contribution is 2.34. The van der Waals surface area contributed by atoms with Crippen LogP contribution in [-0.4, -0.2) is 40.7 Å². The molecule has 1 unspecified atom stereocenters. The summed E-state index contributed by atoms with van der Waals surface area (Å²) in [4.78, 5) is 31.2. The van der Waals surface area contributed by atoms with E-state index in [1.54, 1.807) is 16.2 Å². The number of thioether (sulfide) groups is 1. The molecule has 1 atom stereocenters. The molecule has 5 nitrogen and oxygen atoms in total. The third-order valence-electron chi connectivity index (χ3n) is 3.96. The Morgan fingerprint density at radius 2 is 2.23 bits per heavy atom. The summed E-state index contributed by atoms with van der Waals surface area (Å²) in [5.41, 5.74) is -0.0678. The summed E-state index contributed by atoms with van der Waals surface area (Å²) in [7, 11) is 0. The summed E-state index contributed by atoms with van der Waals surface area (Å²) in [6.45, 7) is 0.187. The molecule has 3 rings (SSSR count). The van der Waals surface area contributed by atoms with Crippen LogP contribution < -0.4 is 0 Å². The Hall–Kier alpha value is -2.00. The lowest BCUT2D eigenvalue weighted by molar-refractivity contribution is -0.135. The van der Waals surface area contributed by atoms with E-state index >= 15 is 0 Å². The number of nitrogens with zero attached hydrogens (tertiary/aromatic N) is 2. The van der Waals surface area contributed by atoms with Gasteiger partial charge in [-0.1, -0.05) is 6.07 Å². The van der Waals surface area contributed by atoms with Crippen LogP contribution in [0, 0.1) is 0 Å². The maximum Gasteiger partial charge on any atom is 0.341 e. The molecule has 0 saturated carbocycles. The topological polar surface area (TPSA) is 59.5 Å². The Kier molecular flexibility index (Phi) is 6.20. The number of ether oxygens (including phenoxy) is 1. The second-order valence-corrected chi connectivity index (χ2v) is 7.53. The van der Waals surface area contributed by atoms with Crippen molar-refractivity contribution >= 4 is 35.0 Å². The van der Waals surface area contributed by atoms with Crippen LogP contribution >= 0.6 is 23.1 Å². The molecule has 1 aliphatic rings. The van der Waals surface area contributed by atoms with Gasteiger partial charge in [0.1, 0.15) is 5.03 Å². The molecule has 0 bridgehead atoms. The van der Waals surface area contributed by atoms with Crippen LogP contribution in [0.25, 0.3) is 0 Å². The van der Waals surface area contributed by atoms with E-state index in [0.717, 1.165) is 17.7 Å². The van der Waals surface area contributed by atoms with Crippen molar-refractivity contribution in [2.75, 3.05) is 13.2 Å². The van der Waals surface area contributed by atoms with Crippen LogP contribution in [0.1, 0.15) is 34.1 Å². The predicted molar refractivity (Wildman–Crippen MR) is 94.4 cm³/mol. The number of hydrogen-bond acceptors (Lipinski definition) is 6. The fourth-order valence-electron chi connectivity index (χ4n) is 2.85. The number of halogens is 2. The van der Waals surface area contributed by atoms with Crippen LogP contribution in [-0.2, 0) is 9.53 Å². The van der Waals surface area contributed by atoms with Crippen LogP contribution in [0.2, 0.25) is 0 Å². The Morgan fingerprint density at radius 1 is 1.38 bits per heavy atom. The van der Waals surface area contributed by atoms with Crippen molar-refractivity contribution in [2.24, 2.45) is 0 Å². The number of thiophene rings is 1. The SMILES string of the molecule is O=C(OCC(=O)N1CCCC1c1cccs1)c1cccnc1SC(F)F. The molecular formula is C17H16F2N2O3S2. The fourth-order valence-corrected chi connectivity index (χ4v) is 4.30. The van der Waals surface area contributed by atoms with Gasteiger partial charge in [-0.2, -0.15) is 8.78 Å². The zero-order chi connectivity index (χ0) is 18.5. The van der Waals surface area contributed by atoms with Crippen LogP contribution in [0.3, 0.4) is 0 Å². The van der Waals surface area contributed by atoms with Gasteiger partial charge in [0.05, 0.1) is 11.6 Å². The molecule has 0 radical (unpaired) electrons. The van der Waals surface area contributed by atoms with Crippen molar-refractivity contribution in [3.05, 3.63) is 46.3 Å². The Morgan fingerprint density at radius 3 is 2.96 bits per heavy atom. The molecule has 138 valence electrons.